The first-order chi connectivity index (χ1) is 36.2. The summed E-state index contributed by atoms with van der Waals surface area (Å²) in [5.74, 6) is 0.835. The summed E-state index contributed by atoms with van der Waals surface area (Å²) < 4.78 is 14.0. The van der Waals surface area contributed by atoms with Gasteiger partial charge < -0.3 is 23.5 Å². The molecule has 4 heterocycles. The molecule has 0 radical (unpaired) electrons. The van der Waals surface area contributed by atoms with Crippen LogP contribution in [0.25, 0.3) is 44.4 Å². The summed E-state index contributed by atoms with van der Waals surface area (Å²) in [7, 11) is 0. The van der Waals surface area contributed by atoms with Gasteiger partial charge in [-0.05, 0) is 167 Å². The minimum atomic E-state index is -0.237. The third kappa shape index (κ3) is 7.68. The Balaban J connectivity index is 1.14. The van der Waals surface area contributed by atoms with Gasteiger partial charge >= 0.3 is 0 Å². The van der Waals surface area contributed by atoms with Crippen molar-refractivity contribution in [2.24, 2.45) is 0 Å². The third-order valence-corrected chi connectivity index (χ3v) is 15.6. The maximum Gasteiger partial charge on any atom is 0.297 e. The highest BCUT2D eigenvalue weighted by Gasteiger charge is 2.48. The second-order valence-electron chi connectivity index (χ2n) is 22.8. The number of benzene rings is 9. The van der Waals surface area contributed by atoms with Crippen molar-refractivity contribution < 1.29 is 8.83 Å². The van der Waals surface area contributed by atoms with Gasteiger partial charge in [0.1, 0.15) is 16.9 Å². The van der Waals surface area contributed by atoms with Crippen LogP contribution in [0.2, 0.25) is 0 Å². The van der Waals surface area contributed by atoms with Crippen molar-refractivity contribution in [3.05, 3.63) is 228 Å². The molecule has 0 saturated carbocycles. The van der Waals surface area contributed by atoms with Crippen molar-refractivity contribution in [3.63, 3.8) is 0 Å². The molecule has 2 aromatic heterocycles. The Morgan fingerprint density at radius 3 is 1.72 bits per heavy atom. The second kappa shape index (κ2) is 17.3. The molecule has 0 spiro atoms. The predicted octanol–water partition coefficient (Wildman–Crippen LogP) is 17.6. The average Bonchev–Trinajstić information content (AvgIpc) is 4.03. The molecule has 11 aromatic rings. The predicted molar refractivity (Wildman–Crippen MR) is 317 cm³/mol. The molecule has 0 fully saturated rings. The fourth-order valence-corrected chi connectivity index (χ4v) is 11.9. The molecule has 5 nitrogen and oxygen atoms in total. The highest BCUT2D eigenvalue weighted by atomic mass is 16.3. The van der Waals surface area contributed by atoms with Crippen LogP contribution in [0, 0.1) is 20.8 Å². The van der Waals surface area contributed by atoms with E-state index in [-0.39, 0.29) is 17.5 Å². The Morgan fingerprint density at radius 2 is 1.07 bits per heavy atom. The number of nitrogens with zero attached hydrogens (tertiary/aromatic N) is 3. The van der Waals surface area contributed by atoms with Crippen molar-refractivity contribution in [1.82, 2.24) is 0 Å². The number of para-hydroxylation sites is 3. The molecule has 0 saturated heterocycles. The normalized spacial score (nSPS) is 13.1. The minimum Gasteiger partial charge on any atom is -0.468 e. The Labute approximate surface area is 441 Å². The summed E-state index contributed by atoms with van der Waals surface area (Å²) in [5, 5.41) is 2.20. The summed E-state index contributed by atoms with van der Waals surface area (Å²) >= 11 is 0. The van der Waals surface area contributed by atoms with E-state index >= 15 is 0 Å². The molecule has 2 aliphatic rings. The zero-order valence-corrected chi connectivity index (χ0v) is 44.3. The summed E-state index contributed by atoms with van der Waals surface area (Å²) in [6.45, 7) is 20.4. The number of hydrogen-bond acceptors (Lipinski definition) is 5. The fraction of sp³-hybridized carbons (Fsp3) is 0.159. The van der Waals surface area contributed by atoms with Gasteiger partial charge in [-0.1, -0.05) is 151 Å². The molecule has 0 N–H and O–H groups in total. The number of aryl methyl sites for hydroxylation is 3. The number of hydrogen-bond donors (Lipinski definition) is 0. The van der Waals surface area contributed by atoms with Crippen molar-refractivity contribution in [1.29, 1.82) is 0 Å². The third-order valence-electron chi connectivity index (χ3n) is 15.6. The van der Waals surface area contributed by atoms with E-state index in [1.165, 1.54) is 44.4 Å². The lowest BCUT2D eigenvalue weighted by molar-refractivity contribution is 0.589. The number of anilines is 9. The Bertz CT molecular complexity index is 3930. The molecular formula is C69H60BN3O2. The van der Waals surface area contributed by atoms with E-state index in [0.29, 0.717) is 0 Å². The van der Waals surface area contributed by atoms with E-state index in [1.807, 2.05) is 12.1 Å². The highest BCUT2D eigenvalue weighted by Crippen LogP contribution is 2.52. The first kappa shape index (κ1) is 46.3. The van der Waals surface area contributed by atoms with Crippen LogP contribution in [0.4, 0.5) is 51.2 Å². The number of fused-ring (bicyclic) bond motifs is 7. The number of rotatable bonds is 7. The smallest absolute Gasteiger partial charge is 0.297 e. The standard InChI is InChI=1S/C69H60BN3O2/c1-43-35-59-64-60(36-43)73(65-44(2)37-50(38-45(65)3)69(7,8)9)66-55-41-49(68(4,5)6)30-34-62(55)75-67(66)70(64)56-32-31-53(71(51-24-15-11-16-25-51)52-26-17-12-18-27-52)42-58(56)72(59)57-33-29-48(39-54(57)46-21-13-10-14-22-46)63-40-47-23-19-20-28-61(47)74-63/h10-42H,1-9H3. The van der Waals surface area contributed by atoms with Gasteiger partial charge in [0, 0.05) is 56.0 Å². The zero-order chi connectivity index (χ0) is 51.5. The van der Waals surface area contributed by atoms with Crippen LogP contribution in [-0.4, -0.2) is 6.71 Å². The summed E-state index contributed by atoms with van der Waals surface area (Å²) in [6.07, 6.45) is 0. The van der Waals surface area contributed by atoms with E-state index in [0.717, 1.165) is 95.5 Å². The second-order valence-corrected chi connectivity index (χ2v) is 22.8. The van der Waals surface area contributed by atoms with Crippen LogP contribution in [0.15, 0.2) is 209 Å². The summed E-state index contributed by atoms with van der Waals surface area (Å²) in [6, 6.07) is 73.1. The van der Waals surface area contributed by atoms with Crippen LogP contribution in [0.1, 0.15) is 69.4 Å². The lowest BCUT2D eigenvalue weighted by atomic mass is 9.35. The maximum atomic E-state index is 7.46. The quantitative estimate of drug-likeness (QED) is 0.149. The van der Waals surface area contributed by atoms with Crippen LogP contribution >= 0.6 is 0 Å². The molecule has 0 atom stereocenters. The molecule has 2 aliphatic heterocycles. The monoisotopic (exact) mass is 973 g/mol. The highest BCUT2D eigenvalue weighted by molar-refractivity contribution is 7.00. The SMILES string of the molecule is Cc1cc2c3c(c1)N(c1c(C)cc(C(C)(C)C)cc1C)c1c(oc4ccc(C(C)(C)C)cc14)B3c1ccc(N(c3ccccc3)c3ccccc3)cc1N2c1ccc(-c2cc3ccccc3o2)cc1-c1ccccc1. The molecule has 0 aliphatic carbocycles. The van der Waals surface area contributed by atoms with E-state index < -0.39 is 0 Å². The van der Waals surface area contributed by atoms with E-state index in [1.54, 1.807) is 0 Å². The molecule has 0 bridgehead atoms. The Kier molecular flexibility index (Phi) is 10.7. The Hall–Kier alpha value is -8.48. The summed E-state index contributed by atoms with van der Waals surface area (Å²) in [5.41, 5.74) is 24.4. The molecule has 6 heteroatoms. The van der Waals surface area contributed by atoms with Crippen molar-refractivity contribution in [3.8, 4) is 22.5 Å². The molecule has 13 rings (SSSR count). The van der Waals surface area contributed by atoms with Gasteiger partial charge in [-0.25, -0.2) is 0 Å². The van der Waals surface area contributed by atoms with Crippen LogP contribution in [0.3, 0.4) is 0 Å². The molecular weight excluding hydrogens is 914 g/mol. The van der Waals surface area contributed by atoms with E-state index in [4.69, 9.17) is 8.83 Å². The number of furan rings is 2. The van der Waals surface area contributed by atoms with Crippen LogP contribution in [-0.2, 0) is 10.8 Å². The first-order valence-corrected chi connectivity index (χ1v) is 26.4. The topological polar surface area (TPSA) is 36.0 Å². The van der Waals surface area contributed by atoms with Gasteiger partial charge in [0.2, 0.25) is 0 Å². The van der Waals surface area contributed by atoms with Crippen LogP contribution in [0.5, 0.6) is 0 Å². The lowest BCUT2D eigenvalue weighted by Gasteiger charge is -2.44. The van der Waals surface area contributed by atoms with Crippen LogP contribution < -0.4 is 31.3 Å². The zero-order valence-electron chi connectivity index (χ0n) is 44.3. The largest absolute Gasteiger partial charge is 0.468 e. The molecule has 0 unspecified atom stereocenters. The summed E-state index contributed by atoms with van der Waals surface area (Å²) in [4.78, 5) is 7.49. The van der Waals surface area contributed by atoms with Gasteiger partial charge in [0.15, 0.2) is 0 Å². The van der Waals surface area contributed by atoms with Gasteiger partial charge in [0.25, 0.3) is 6.71 Å². The van der Waals surface area contributed by atoms with E-state index in [9.17, 15) is 0 Å². The molecule has 0 amide bonds. The average molecular weight is 974 g/mol. The van der Waals surface area contributed by atoms with Gasteiger partial charge in [-0.15, -0.1) is 0 Å². The molecule has 366 valence electrons. The lowest BCUT2D eigenvalue weighted by Crippen LogP contribution is -2.61. The molecule has 75 heavy (non-hydrogen) atoms. The van der Waals surface area contributed by atoms with Crippen molar-refractivity contribution in [2.45, 2.75) is 73.1 Å². The van der Waals surface area contributed by atoms with Gasteiger partial charge in [-0.3, -0.25) is 0 Å². The van der Waals surface area contributed by atoms with E-state index in [2.05, 4.69) is 265 Å². The van der Waals surface area contributed by atoms with Crippen molar-refractivity contribution >= 4 is 96.4 Å². The van der Waals surface area contributed by atoms with Gasteiger partial charge in [0.05, 0.1) is 22.7 Å². The fourth-order valence-electron chi connectivity index (χ4n) is 11.9. The van der Waals surface area contributed by atoms with Gasteiger partial charge in [-0.2, -0.15) is 0 Å². The van der Waals surface area contributed by atoms with Crippen molar-refractivity contribution in [2.75, 3.05) is 14.7 Å². The Morgan fingerprint density at radius 1 is 0.440 bits per heavy atom. The first-order valence-electron chi connectivity index (χ1n) is 26.4. The minimum absolute atomic E-state index is 0.0191. The molecule has 9 aromatic carbocycles. The maximum absolute atomic E-state index is 7.46.